The van der Waals surface area contributed by atoms with Gasteiger partial charge in [0.25, 0.3) is 0 Å². The summed E-state index contributed by atoms with van der Waals surface area (Å²) in [5, 5.41) is 9.48. The molecule has 0 bridgehead atoms. The molecule has 2 rings (SSSR count). The largest absolute Gasteiger partial charge is 0.387 e. The third kappa shape index (κ3) is 6.99. The van der Waals surface area contributed by atoms with Crippen molar-refractivity contribution in [2.24, 2.45) is 10.1 Å². The molecule has 1 aliphatic heterocycles. The van der Waals surface area contributed by atoms with Crippen LogP contribution < -0.4 is 5.32 Å². The van der Waals surface area contributed by atoms with Crippen molar-refractivity contribution < 1.29 is 0 Å². The number of rotatable bonds is 7. The van der Waals surface area contributed by atoms with Crippen LogP contribution in [0.2, 0.25) is 0 Å². The second-order valence-corrected chi connectivity index (χ2v) is 9.09. The second-order valence-electron chi connectivity index (χ2n) is 5.65. The molecule has 0 saturated heterocycles. The summed E-state index contributed by atoms with van der Waals surface area (Å²) in [5.74, 6) is 0.757. The molecule has 0 aromatic carbocycles. The van der Waals surface area contributed by atoms with Crippen LogP contribution in [0.25, 0.3) is 0 Å². The molecule has 0 amide bonds. The van der Waals surface area contributed by atoms with Gasteiger partial charge in [0.1, 0.15) is 5.84 Å². The molecule has 0 unspecified atom stereocenters. The predicted octanol–water partition coefficient (Wildman–Crippen LogP) is 4.53. The topological polar surface area (TPSA) is 52.9 Å². The van der Waals surface area contributed by atoms with Crippen molar-refractivity contribution in [2.45, 2.75) is 13.5 Å². The van der Waals surface area contributed by atoms with Gasteiger partial charge in [-0.15, -0.1) is 0 Å². The van der Waals surface area contributed by atoms with Crippen molar-refractivity contribution in [1.29, 1.82) is 0 Å². The highest BCUT2D eigenvalue weighted by Gasteiger charge is 2.10. The van der Waals surface area contributed by atoms with Crippen LogP contribution in [0.15, 0.2) is 78.8 Å². The van der Waals surface area contributed by atoms with Gasteiger partial charge in [-0.2, -0.15) is 5.10 Å². The maximum Gasteiger partial charge on any atom is 0.146 e. The molecular weight excluding hydrogens is 517 g/mol. The van der Waals surface area contributed by atoms with Crippen molar-refractivity contribution in [3.8, 4) is 0 Å². The first-order chi connectivity index (χ1) is 13.0. The maximum atomic E-state index is 4.77. The van der Waals surface area contributed by atoms with Gasteiger partial charge in [0.2, 0.25) is 0 Å². The molecule has 0 radical (unpaired) electrons. The number of aliphatic imine (C=N–C) groups is 1. The third-order valence-corrected chi connectivity index (χ3v) is 6.60. The number of likely N-dealkylation sites (N-methyl/N-ethyl adjacent to an activating group) is 2. The predicted molar refractivity (Wildman–Crippen MR) is 129 cm³/mol. The van der Waals surface area contributed by atoms with Crippen molar-refractivity contribution in [3.05, 3.63) is 74.2 Å². The zero-order chi connectivity index (χ0) is 19.6. The van der Waals surface area contributed by atoms with Gasteiger partial charge in [0.05, 0.1) is 18.5 Å². The van der Waals surface area contributed by atoms with Gasteiger partial charge in [0.15, 0.2) is 0 Å². The minimum absolute atomic E-state index is 0.170. The summed E-state index contributed by atoms with van der Waals surface area (Å²) in [7, 11) is 3.82. The first-order valence-corrected chi connectivity index (χ1v) is 11.4. The monoisotopic (exact) mass is 539 g/mol. The number of aromatic nitrogens is 1. The number of pyridine rings is 1. The van der Waals surface area contributed by atoms with Crippen LogP contribution in [0.5, 0.6) is 0 Å². The van der Waals surface area contributed by atoms with Crippen LogP contribution >= 0.6 is 36.7 Å². The summed E-state index contributed by atoms with van der Waals surface area (Å²) < 4.78 is 4.32. The minimum atomic E-state index is -0.170. The lowest BCUT2D eigenvalue weighted by Gasteiger charge is -2.17. The molecule has 2 heterocycles. The van der Waals surface area contributed by atoms with E-state index >= 15 is 0 Å². The lowest BCUT2D eigenvalue weighted by Crippen LogP contribution is -2.22. The normalized spacial score (nSPS) is 15.1. The average Bonchev–Trinajstić information content (AvgIpc) is 2.68. The van der Waals surface area contributed by atoms with E-state index in [2.05, 4.69) is 67.1 Å². The van der Waals surface area contributed by atoms with Gasteiger partial charge >= 0.3 is 0 Å². The summed E-state index contributed by atoms with van der Waals surface area (Å²) in [6, 6.07) is 3.93. The molecule has 0 atom stereocenters. The van der Waals surface area contributed by atoms with E-state index in [-0.39, 0.29) is 20.7 Å². The Morgan fingerprint density at radius 3 is 2.93 bits per heavy atom. The van der Waals surface area contributed by atoms with Crippen molar-refractivity contribution in [1.82, 2.24) is 15.3 Å². The average molecular weight is 540 g/mol. The quantitative estimate of drug-likeness (QED) is 0.240. The van der Waals surface area contributed by atoms with E-state index in [4.69, 9.17) is 4.99 Å². The Balaban J connectivity index is 2.39. The van der Waals surface area contributed by atoms with Crippen LogP contribution in [0.1, 0.15) is 12.5 Å². The molecule has 0 aliphatic carbocycles. The Kier molecular flexibility index (Phi) is 8.80. The zero-order valence-corrected chi connectivity index (χ0v) is 19.4. The zero-order valence-electron chi connectivity index (χ0n) is 15.7. The SMILES string of the molecule is C=C(Br)/C=N\N(C)C(C=C(NC)C1=C(C)C=CC=I1)=NCc1cccnc1. The van der Waals surface area contributed by atoms with E-state index in [9.17, 15) is 0 Å². The Morgan fingerprint density at radius 2 is 2.30 bits per heavy atom. The molecule has 1 aromatic rings. The fourth-order valence-corrected chi connectivity index (χ4v) is 4.50. The van der Waals surface area contributed by atoms with E-state index in [0.717, 1.165) is 17.1 Å². The van der Waals surface area contributed by atoms with E-state index in [0.29, 0.717) is 11.0 Å². The highest BCUT2D eigenvalue weighted by Crippen LogP contribution is 2.28. The number of halogens is 2. The summed E-state index contributed by atoms with van der Waals surface area (Å²) in [6.45, 7) is 6.47. The summed E-state index contributed by atoms with van der Waals surface area (Å²) in [6.07, 6.45) is 11.6. The Hall–Kier alpha value is -1.87. The van der Waals surface area contributed by atoms with Gasteiger partial charge in [-0.25, -0.2) is 0 Å². The summed E-state index contributed by atoms with van der Waals surface area (Å²) in [5.41, 5.74) is 3.41. The van der Waals surface area contributed by atoms with Crippen LogP contribution in [0.3, 0.4) is 0 Å². The molecule has 27 heavy (non-hydrogen) atoms. The van der Waals surface area contributed by atoms with Crippen LogP contribution in [-0.2, 0) is 6.54 Å². The number of nitrogens with zero attached hydrogens (tertiary/aromatic N) is 4. The fraction of sp³-hybridized carbons (Fsp3) is 0.200. The fourth-order valence-electron chi connectivity index (χ4n) is 2.20. The molecule has 0 saturated carbocycles. The number of nitrogens with one attached hydrogen (secondary N) is 1. The molecular formula is C20H23BrIN5. The molecule has 7 heteroatoms. The van der Waals surface area contributed by atoms with E-state index in [1.807, 2.05) is 32.4 Å². The first-order valence-electron chi connectivity index (χ1n) is 8.30. The smallest absolute Gasteiger partial charge is 0.146 e. The van der Waals surface area contributed by atoms with Gasteiger partial charge in [-0.1, -0.05) is 45.5 Å². The number of hydrazone groups is 1. The van der Waals surface area contributed by atoms with Gasteiger partial charge < -0.3 is 5.32 Å². The lowest BCUT2D eigenvalue weighted by molar-refractivity contribution is 0.547. The van der Waals surface area contributed by atoms with E-state index in [1.54, 1.807) is 17.4 Å². The number of hydrogen-bond acceptors (Lipinski definition) is 4. The van der Waals surface area contributed by atoms with E-state index in [1.165, 1.54) is 9.15 Å². The molecule has 142 valence electrons. The minimum Gasteiger partial charge on any atom is -0.387 e. The van der Waals surface area contributed by atoms with Crippen molar-refractivity contribution in [3.63, 3.8) is 0 Å². The highest BCUT2D eigenvalue weighted by atomic mass is 127. The van der Waals surface area contributed by atoms with E-state index < -0.39 is 0 Å². The first kappa shape index (κ1) is 21.4. The number of allylic oxidation sites excluding steroid dienone is 5. The van der Waals surface area contributed by atoms with Gasteiger partial charge in [-0.05, 0) is 44.1 Å². The molecule has 1 N–H and O–H groups in total. The number of hydrogen-bond donors (Lipinski definition) is 1. The third-order valence-electron chi connectivity index (χ3n) is 3.57. The van der Waals surface area contributed by atoms with Crippen molar-refractivity contribution in [2.75, 3.05) is 14.1 Å². The molecule has 0 spiro atoms. The Labute approximate surface area is 179 Å². The highest BCUT2D eigenvalue weighted by molar-refractivity contribution is 14.2. The lowest BCUT2D eigenvalue weighted by atomic mass is 10.2. The number of amidine groups is 1. The Morgan fingerprint density at radius 1 is 1.48 bits per heavy atom. The molecule has 0 fully saturated rings. The second kappa shape index (κ2) is 11.1. The van der Waals surface area contributed by atoms with Gasteiger partial charge in [0, 0.05) is 40.6 Å². The standard InChI is InChI=1S/C20H23BrIN5/c1-15-7-5-9-22-20(15)18(23-3)11-19(27(4)26-12-16(2)21)25-14-17-8-6-10-24-13-17/h5-13,23H,2,14H2,1,3-4H3/b18-11?,25-19?,26-12-. The van der Waals surface area contributed by atoms with Crippen molar-refractivity contribution >= 4 is 52.7 Å². The molecule has 1 aromatic heterocycles. The van der Waals surface area contributed by atoms with Gasteiger partial charge in [-0.3, -0.25) is 15.0 Å². The van der Waals surface area contributed by atoms with Crippen LogP contribution in [0, 0.1) is 0 Å². The van der Waals surface area contributed by atoms with Crippen LogP contribution in [0.4, 0.5) is 0 Å². The summed E-state index contributed by atoms with van der Waals surface area (Å²) >= 11 is 3.13. The van der Waals surface area contributed by atoms with Crippen LogP contribution in [-0.4, -0.2) is 40.2 Å². The Bertz CT molecular complexity index is 850. The molecule has 5 nitrogen and oxygen atoms in total. The molecule has 1 aliphatic rings. The summed E-state index contributed by atoms with van der Waals surface area (Å²) in [4.78, 5) is 8.92. The maximum absolute atomic E-state index is 4.77.